The van der Waals surface area contributed by atoms with E-state index >= 15 is 0 Å². The van der Waals surface area contributed by atoms with E-state index in [9.17, 15) is 0 Å². The largest absolute Gasteiger partial charge is 0.376 e. The van der Waals surface area contributed by atoms with Gasteiger partial charge in [0.1, 0.15) is 0 Å². The summed E-state index contributed by atoms with van der Waals surface area (Å²) >= 11 is 0. The summed E-state index contributed by atoms with van der Waals surface area (Å²) in [6.07, 6.45) is 3.75. The lowest BCUT2D eigenvalue weighted by molar-refractivity contribution is 0.0695. The van der Waals surface area contributed by atoms with E-state index in [1.165, 1.54) is 28.7 Å². The summed E-state index contributed by atoms with van der Waals surface area (Å²) in [4.78, 5) is 0. The molecule has 0 N–H and O–H groups in total. The van der Waals surface area contributed by atoms with Gasteiger partial charge in [0.15, 0.2) is 0 Å². The van der Waals surface area contributed by atoms with Gasteiger partial charge in [-0.25, -0.2) is 0 Å². The molecule has 0 bridgehead atoms. The van der Waals surface area contributed by atoms with Crippen LogP contribution in [0.15, 0.2) is 12.1 Å². The van der Waals surface area contributed by atoms with Crippen LogP contribution in [0.5, 0.6) is 0 Å². The van der Waals surface area contributed by atoms with Crippen LogP contribution in [0.4, 0.5) is 0 Å². The van der Waals surface area contributed by atoms with Crippen LogP contribution < -0.4 is 0 Å². The van der Waals surface area contributed by atoms with Crippen LogP contribution in [-0.4, -0.2) is 7.11 Å². The Hall–Kier alpha value is -0.820. The Labute approximate surface area is 98.8 Å². The molecule has 0 amide bonds. The van der Waals surface area contributed by atoms with E-state index in [1.807, 2.05) is 7.11 Å². The second-order valence-corrected chi connectivity index (χ2v) is 4.86. The molecule has 88 valence electrons. The van der Waals surface area contributed by atoms with Crippen LogP contribution in [0.25, 0.3) is 0 Å². The molecule has 1 heteroatoms. The number of rotatable bonds is 3. The van der Waals surface area contributed by atoms with Crippen molar-refractivity contribution < 1.29 is 4.74 Å². The third-order valence-electron chi connectivity index (χ3n) is 3.84. The molecule has 0 aliphatic heterocycles. The standard InChI is InChI=1S/C15H22O/c1-5-11-8-13-7-10(3)15(16-4)14(13)9-12(11)6-2/h8-10,15H,5-7H2,1-4H3. The number of hydrogen-bond donors (Lipinski definition) is 0. The number of methoxy groups -OCH3 is 1. The van der Waals surface area contributed by atoms with Gasteiger partial charge in [-0.2, -0.15) is 0 Å². The van der Waals surface area contributed by atoms with E-state index in [0.717, 1.165) is 12.8 Å². The highest BCUT2D eigenvalue weighted by molar-refractivity contribution is 5.43. The van der Waals surface area contributed by atoms with E-state index in [2.05, 4.69) is 32.9 Å². The summed E-state index contributed by atoms with van der Waals surface area (Å²) in [6.45, 7) is 6.76. The Kier molecular flexibility index (Phi) is 3.34. The smallest absolute Gasteiger partial charge is 0.0852 e. The van der Waals surface area contributed by atoms with Crippen LogP contribution >= 0.6 is 0 Å². The minimum Gasteiger partial charge on any atom is -0.376 e. The molecular weight excluding hydrogens is 196 g/mol. The van der Waals surface area contributed by atoms with Crippen molar-refractivity contribution in [3.8, 4) is 0 Å². The zero-order valence-corrected chi connectivity index (χ0v) is 10.8. The van der Waals surface area contributed by atoms with Gasteiger partial charge in [0.05, 0.1) is 6.10 Å². The minimum atomic E-state index is 0.311. The zero-order valence-electron chi connectivity index (χ0n) is 10.8. The van der Waals surface area contributed by atoms with Crippen molar-refractivity contribution >= 4 is 0 Å². The summed E-state index contributed by atoms with van der Waals surface area (Å²) in [5, 5.41) is 0. The number of hydrogen-bond acceptors (Lipinski definition) is 1. The predicted molar refractivity (Wildman–Crippen MR) is 67.8 cm³/mol. The third-order valence-corrected chi connectivity index (χ3v) is 3.84. The van der Waals surface area contributed by atoms with Crippen molar-refractivity contribution in [1.82, 2.24) is 0 Å². The molecule has 0 saturated carbocycles. The summed E-state index contributed by atoms with van der Waals surface area (Å²) in [7, 11) is 1.83. The van der Waals surface area contributed by atoms with Gasteiger partial charge in [0.25, 0.3) is 0 Å². The highest BCUT2D eigenvalue weighted by atomic mass is 16.5. The molecule has 0 heterocycles. The fourth-order valence-corrected chi connectivity index (χ4v) is 2.98. The Morgan fingerprint density at radius 2 is 1.81 bits per heavy atom. The van der Waals surface area contributed by atoms with Crippen LogP contribution in [0, 0.1) is 5.92 Å². The molecule has 0 radical (unpaired) electrons. The van der Waals surface area contributed by atoms with Gasteiger partial charge < -0.3 is 4.74 Å². The van der Waals surface area contributed by atoms with E-state index in [1.54, 1.807) is 0 Å². The van der Waals surface area contributed by atoms with Crippen molar-refractivity contribution in [2.45, 2.75) is 46.1 Å². The van der Waals surface area contributed by atoms with E-state index < -0.39 is 0 Å². The Balaban J connectivity index is 2.47. The number of ether oxygens (including phenoxy) is 1. The van der Waals surface area contributed by atoms with Gasteiger partial charge in [-0.3, -0.25) is 0 Å². The summed E-state index contributed by atoms with van der Waals surface area (Å²) in [6, 6.07) is 4.79. The molecule has 1 aromatic rings. The first-order valence-corrected chi connectivity index (χ1v) is 6.38. The first-order chi connectivity index (χ1) is 7.71. The summed E-state index contributed by atoms with van der Waals surface area (Å²) in [5.41, 5.74) is 5.96. The van der Waals surface area contributed by atoms with Gasteiger partial charge in [-0.05, 0) is 47.4 Å². The molecule has 1 aliphatic rings. The Bertz CT molecular complexity index is 381. The highest BCUT2D eigenvalue weighted by Gasteiger charge is 2.29. The minimum absolute atomic E-state index is 0.311. The molecule has 0 saturated heterocycles. The maximum Gasteiger partial charge on any atom is 0.0852 e. The third kappa shape index (κ3) is 1.78. The number of aryl methyl sites for hydroxylation is 2. The molecule has 2 rings (SSSR count). The Morgan fingerprint density at radius 3 is 2.38 bits per heavy atom. The lowest BCUT2D eigenvalue weighted by atomic mass is 9.96. The van der Waals surface area contributed by atoms with Crippen molar-refractivity contribution in [3.63, 3.8) is 0 Å². The molecule has 0 fully saturated rings. The molecule has 1 aromatic carbocycles. The topological polar surface area (TPSA) is 9.23 Å². The van der Waals surface area contributed by atoms with Gasteiger partial charge >= 0.3 is 0 Å². The average molecular weight is 218 g/mol. The van der Waals surface area contributed by atoms with Gasteiger partial charge in [-0.15, -0.1) is 0 Å². The fraction of sp³-hybridized carbons (Fsp3) is 0.600. The van der Waals surface area contributed by atoms with Crippen LogP contribution in [0.2, 0.25) is 0 Å². The molecule has 1 aliphatic carbocycles. The van der Waals surface area contributed by atoms with E-state index in [0.29, 0.717) is 12.0 Å². The normalized spacial score (nSPS) is 23.5. The molecule has 0 aromatic heterocycles. The Morgan fingerprint density at radius 1 is 1.19 bits per heavy atom. The van der Waals surface area contributed by atoms with E-state index in [-0.39, 0.29) is 0 Å². The van der Waals surface area contributed by atoms with Gasteiger partial charge in [0.2, 0.25) is 0 Å². The van der Waals surface area contributed by atoms with Gasteiger partial charge in [0, 0.05) is 7.11 Å². The lowest BCUT2D eigenvalue weighted by Crippen LogP contribution is -2.05. The molecular formula is C15H22O. The van der Waals surface area contributed by atoms with Crippen LogP contribution in [-0.2, 0) is 24.0 Å². The van der Waals surface area contributed by atoms with Crippen LogP contribution in [0.1, 0.15) is 49.1 Å². The second-order valence-electron chi connectivity index (χ2n) is 4.86. The zero-order chi connectivity index (χ0) is 11.7. The van der Waals surface area contributed by atoms with E-state index in [4.69, 9.17) is 4.74 Å². The summed E-state index contributed by atoms with van der Waals surface area (Å²) < 4.78 is 5.62. The second kappa shape index (κ2) is 4.58. The van der Waals surface area contributed by atoms with Crippen molar-refractivity contribution in [1.29, 1.82) is 0 Å². The van der Waals surface area contributed by atoms with Gasteiger partial charge in [-0.1, -0.05) is 32.9 Å². The maximum atomic E-state index is 5.62. The first kappa shape index (κ1) is 11.7. The predicted octanol–water partition coefficient (Wildman–Crippen LogP) is 3.69. The number of benzene rings is 1. The maximum absolute atomic E-state index is 5.62. The lowest BCUT2D eigenvalue weighted by Gasteiger charge is -2.16. The average Bonchev–Trinajstić information content (AvgIpc) is 2.61. The fourth-order valence-electron chi connectivity index (χ4n) is 2.98. The quantitative estimate of drug-likeness (QED) is 0.752. The molecule has 16 heavy (non-hydrogen) atoms. The molecule has 2 atom stereocenters. The highest BCUT2D eigenvalue weighted by Crippen LogP contribution is 2.39. The van der Waals surface area contributed by atoms with Crippen molar-refractivity contribution in [2.24, 2.45) is 5.92 Å². The van der Waals surface area contributed by atoms with Crippen LogP contribution in [0.3, 0.4) is 0 Å². The molecule has 1 nitrogen and oxygen atoms in total. The van der Waals surface area contributed by atoms with Crippen molar-refractivity contribution in [3.05, 3.63) is 34.4 Å². The van der Waals surface area contributed by atoms with Crippen molar-refractivity contribution in [2.75, 3.05) is 7.11 Å². The SMILES string of the molecule is CCc1cc2c(cc1CC)C(OC)C(C)C2. The first-order valence-electron chi connectivity index (χ1n) is 6.38. The molecule has 2 unspecified atom stereocenters. The summed E-state index contributed by atoms with van der Waals surface area (Å²) in [5.74, 6) is 0.622. The monoisotopic (exact) mass is 218 g/mol. The molecule has 0 spiro atoms. The number of fused-ring (bicyclic) bond motifs is 1.